The van der Waals surface area contributed by atoms with Crippen molar-refractivity contribution in [3.05, 3.63) is 35.6 Å². The van der Waals surface area contributed by atoms with Crippen molar-refractivity contribution < 1.29 is 22.7 Å². The maximum atomic E-state index is 12.7. The van der Waals surface area contributed by atoms with Gasteiger partial charge in [0, 0.05) is 17.6 Å². The second kappa shape index (κ2) is 3.83. The van der Waals surface area contributed by atoms with Crippen molar-refractivity contribution in [3.63, 3.8) is 0 Å². The van der Waals surface area contributed by atoms with Gasteiger partial charge in [0.1, 0.15) is 5.58 Å². The number of hydrogen-bond donors (Lipinski definition) is 1. The number of halogens is 3. The van der Waals surface area contributed by atoms with Gasteiger partial charge in [-0.2, -0.15) is 13.2 Å². The summed E-state index contributed by atoms with van der Waals surface area (Å²) in [5.74, 6) is 0. The van der Waals surface area contributed by atoms with Gasteiger partial charge in [0.25, 0.3) is 0 Å². The Hall–Kier alpha value is -1.49. The average molecular weight is 230 g/mol. The Labute approximate surface area is 89.3 Å². The third-order valence-corrected chi connectivity index (χ3v) is 2.36. The summed E-state index contributed by atoms with van der Waals surface area (Å²) in [6.45, 7) is -0.208. The molecule has 0 fully saturated rings. The SMILES string of the molecule is OCCc1coc2cccc(C(F)(F)F)c12. The van der Waals surface area contributed by atoms with E-state index < -0.39 is 11.7 Å². The maximum absolute atomic E-state index is 12.7. The molecule has 5 heteroatoms. The van der Waals surface area contributed by atoms with Crippen molar-refractivity contribution in [2.45, 2.75) is 12.6 Å². The minimum atomic E-state index is -4.41. The molecule has 0 amide bonds. The standard InChI is InChI=1S/C11H9F3O2/c12-11(13,14)8-2-1-3-9-10(8)7(4-5-15)6-16-9/h1-3,6,15H,4-5H2. The van der Waals surface area contributed by atoms with E-state index in [-0.39, 0.29) is 24.0 Å². The van der Waals surface area contributed by atoms with Crippen LogP contribution in [0.2, 0.25) is 0 Å². The number of benzene rings is 1. The smallest absolute Gasteiger partial charge is 0.417 e. The number of furan rings is 1. The molecule has 1 aromatic carbocycles. The normalized spacial score (nSPS) is 12.2. The van der Waals surface area contributed by atoms with Crippen LogP contribution in [0.3, 0.4) is 0 Å². The van der Waals surface area contributed by atoms with E-state index in [9.17, 15) is 13.2 Å². The Morgan fingerprint density at radius 1 is 1.25 bits per heavy atom. The molecule has 1 heterocycles. The Balaban J connectivity index is 2.68. The van der Waals surface area contributed by atoms with Crippen LogP contribution < -0.4 is 0 Å². The fraction of sp³-hybridized carbons (Fsp3) is 0.273. The molecule has 2 aromatic rings. The zero-order valence-corrected chi connectivity index (χ0v) is 8.21. The molecule has 0 aliphatic rings. The first-order valence-electron chi connectivity index (χ1n) is 4.71. The topological polar surface area (TPSA) is 33.4 Å². The zero-order valence-electron chi connectivity index (χ0n) is 8.21. The van der Waals surface area contributed by atoms with Gasteiger partial charge in [-0.25, -0.2) is 0 Å². The lowest BCUT2D eigenvalue weighted by Crippen LogP contribution is -2.06. The molecule has 86 valence electrons. The summed E-state index contributed by atoms with van der Waals surface area (Å²) in [7, 11) is 0. The Morgan fingerprint density at radius 3 is 2.62 bits per heavy atom. The highest BCUT2D eigenvalue weighted by atomic mass is 19.4. The Kier molecular flexibility index (Phi) is 2.63. The molecule has 1 N–H and O–H groups in total. The molecule has 0 saturated carbocycles. The van der Waals surface area contributed by atoms with Crippen molar-refractivity contribution in [2.75, 3.05) is 6.61 Å². The summed E-state index contributed by atoms with van der Waals surface area (Å²) < 4.78 is 43.2. The van der Waals surface area contributed by atoms with Gasteiger partial charge in [-0.3, -0.25) is 0 Å². The second-order valence-electron chi connectivity index (χ2n) is 3.41. The van der Waals surface area contributed by atoms with Crippen LogP contribution in [-0.2, 0) is 12.6 Å². The highest BCUT2D eigenvalue weighted by Crippen LogP contribution is 2.37. The van der Waals surface area contributed by atoms with Crippen LogP contribution in [-0.4, -0.2) is 11.7 Å². The lowest BCUT2D eigenvalue weighted by molar-refractivity contribution is -0.136. The van der Waals surface area contributed by atoms with Gasteiger partial charge < -0.3 is 9.52 Å². The van der Waals surface area contributed by atoms with Gasteiger partial charge in [0.15, 0.2) is 0 Å². The number of aliphatic hydroxyl groups excluding tert-OH is 1. The molecule has 0 saturated heterocycles. The van der Waals surface area contributed by atoms with E-state index in [1.807, 2.05) is 0 Å². The largest absolute Gasteiger partial charge is 0.464 e. The fourth-order valence-electron chi connectivity index (χ4n) is 1.69. The van der Waals surface area contributed by atoms with Crippen LogP contribution in [0, 0.1) is 0 Å². The van der Waals surface area contributed by atoms with Crippen molar-refractivity contribution in [3.8, 4) is 0 Å². The third kappa shape index (κ3) is 1.78. The van der Waals surface area contributed by atoms with Gasteiger partial charge in [0.05, 0.1) is 11.8 Å². The van der Waals surface area contributed by atoms with E-state index in [1.165, 1.54) is 18.4 Å². The molecular weight excluding hydrogens is 221 g/mol. The molecule has 1 aromatic heterocycles. The van der Waals surface area contributed by atoms with Gasteiger partial charge in [-0.1, -0.05) is 6.07 Å². The predicted molar refractivity (Wildman–Crippen MR) is 52.0 cm³/mol. The molecule has 0 bridgehead atoms. The minimum Gasteiger partial charge on any atom is -0.464 e. The highest BCUT2D eigenvalue weighted by Gasteiger charge is 2.33. The van der Waals surface area contributed by atoms with Crippen LogP contribution in [0.15, 0.2) is 28.9 Å². The van der Waals surface area contributed by atoms with Gasteiger partial charge >= 0.3 is 6.18 Å². The van der Waals surface area contributed by atoms with Crippen molar-refractivity contribution >= 4 is 11.0 Å². The summed E-state index contributed by atoms with van der Waals surface area (Å²) in [6.07, 6.45) is -3.00. The quantitative estimate of drug-likeness (QED) is 0.860. The molecule has 0 aliphatic heterocycles. The van der Waals surface area contributed by atoms with E-state index in [0.29, 0.717) is 5.56 Å². The predicted octanol–water partition coefficient (Wildman–Crippen LogP) is 2.99. The van der Waals surface area contributed by atoms with E-state index in [2.05, 4.69) is 0 Å². The first kappa shape index (κ1) is 11.0. The lowest BCUT2D eigenvalue weighted by Gasteiger charge is -2.08. The van der Waals surface area contributed by atoms with E-state index in [4.69, 9.17) is 9.52 Å². The van der Waals surface area contributed by atoms with Crippen molar-refractivity contribution in [2.24, 2.45) is 0 Å². The van der Waals surface area contributed by atoms with Crippen LogP contribution in [0.5, 0.6) is 0 Å². The van der Waals surface area contributed by atoms with Crippen LogP contribution in [0.1, 0.15) is 11.1 Å². The zero-order chi connectivity index (χ0) is 11.8. The number of alkyl halides is 3. The molecule has 0 aliphatic carbocycles. The third-order valence-electron chi connectivity index (χ3n) is 2.36. The molecule has 0 unspecified atom stereocenters. The number of aliphatic hydroxyl groups is 1. The summed E-state index contributed by atoms with van der Waals surface area (Å²) in [6, 6.07) is 3.79. The fourth-order valence-corrected chi connectivity index (χ4v) is 1.69. The number of fused-ring (bicyclic) bond motifs is 1. The average Bonchev–Trinajstić information content (AvgIpc) is 2.61. The molecule has 2 rings (SSSR count). The van der Waals surface area contributed by atoms with Gasteiger partial charge in [0.2, 0.25) is 0 Å². The number of rotatable bonds is 2. The van der Waals surface area contributed by atoms with Crippen LogP contribution >= 0.6 is 0 Å². The lowest BCUT2D eigenvalue weighted by atomic mass is 10.0. The summed E-state index contributed by atoms with van der Waals surface area (Å²) >= 11 is 0. The molecular formula is C11H9F3O2. The summed E-state index contributed by atoms with van der Waals surface area (Å²) in [5, 5.41) is 8.81. The van der Waals surface area contributed by atoms with Gasteiger partial charge in [-0.15, -0.1) is 0 Å². The van der Waals surface area contributed by atoms with Crippen molar-refractivity contribution in [1.29, 1.82) is 0 Å². The Bertz CT molecular complexity index is 499. The minimum absolute atomic E-state index is 0.0454. The summed E-state index contributed by atoms with van der Waals surface area (Å²) in [4.78, 5) is 0. The van der Waals surface area contributed by atoms with E-state index in [1.54, 1.807) is 0 Å². The second-order valence-corrected chi connectivity index (χ2v) is 3.41. The molecule has 16 heavy (non-hydrogen) atoms. The molecule has 0 radical (unpaired) electrons. The van der Waals surface area contributed by atoms with Gasteiger partial charge in [-0.05, 0) is 18.6 Å². The van der Waals surface area contributed by atoms with Crippen molar-refractivity contribution in [1.82, 2.24) is 0 Å². The first-order chi connectivity index (χ1) is 7.54. The molecule has 0 atom stereocenters. The maximum Gasteiger partial charge on any atom is 0.417 e. The highest BCUT2D eigenvalue weighted by molar-refractivity contribution is 5.85. The van der Waals surface area contributed by atoms with E-state index in [0.717, 1.165) is 6.07 Å². The van der Waals surface area contributed by atoms with E-state index >= 15 is 0 Å². The molecule has 2 nitrogen and oxygen atoms in total. The summed E-state index contributed by atoms with van der Waals surface area (Å²) in [5.41, 5.74) is -0.147. The monoisotopic (exact) mass is 230 g/mol. The number of hydrogen-bond acceptors (Lipinski definition) is 2. The van der Waals surface area contributed by atoms with Crippen LogP contribution in [0.25, 0.3) is 11.0 Å². The Morgan fingerprint density at radius 2 is 2.00 bits per heavy atom. The first-order valence-corrected chi connectivity index (χ1v) is 4.71. The molecule has 0 spiro atoms. The van der Waals surface area contributed by atoms with Crippen LogP contribution in [0.4, 0.5) is 13.2 Å².